The second-order valence-electron chi connectivity index (χ2n) is 8.29. The lowest BCUT2D eigenvalue weighted by atomic mass is 10.0. The van der Waals surface area contributed by atoms with E-state index in [9.17, 15) is 17.6 Å². The van der Waals surface area contributed by atoms with Gasteiger partial charge in [-0.25, -0.2) is 12.8 Å². The van der Waals surface area contributed by atoms with Crippen LogP contribution in [0.25, 0.3) is 0 Å². The quantitative estimate of drug-likeness (QED) is 0.455. The molecule has 3 aromatic carbocycles. The van der Waals surface area contributed by atoms with E-state index >= 15 is 0 Å². The maximum absolute atomic E-state index is 13.5. The smallest absolute Gasteiger partial charge is 0.261 e. The molecule has 0 saturated carbocycles. The van der Waals surface area contributed by atoms with Crippen molar-refractivity contribution in [2.75, 3.05) is 44.7 Å². The Morgan fingerprint density at radius 1 is 1.06 bits per heavy atom. The predicted molar refractivity (Wildman–Crippen MR) is 134 cm³/mol. The van der Waals surface area contributed by atoms with Crippen LogP contribution in [0.2, 0.25) is 0 Å². The van der Waals surface area contributed by atoms with Crippen LogP contribution in [-0.4, -0.2) is 59.2 Å². The second-order valence-corrected chi connectivity index (χ2v) is 9.97. The highest BCUT2D eigenvalue weighted by Crippen LogP contribution is 2.23. The van der Waals surface area contributed by atoms with E-state index in [2.05, 4.69) is 14.9 Å². The van der Waals surface area contributed by atoms with Crippen molar-refractivity contribution in [2.24, 2.45) is 0 Å². The minimum Gasteiger partial charge on any atom is -0.497 e. The van der Waals surface area contributed by atoms with E-state index in [0.29, 0.717) is 37.7 Å². The summed E-state index contributed by atoms with van der Waals surface area (Å²) in [6.07, 6.45) is 0. The molecule has 36 heavy (non-hydrogen) atoms. The molecule has 1 fully saturated rings. The predicted octanol–water partition coefficient (Wildman–Crippen LogP) is 3.44. The number of anilines is 1. The summed E-state index contributed by atoms with van der Waals surface area (Å²) in [5.74, 6) is -0.130. The van der Waals surface area contributed by atoms with Crippen LogP contribution in [0.3, 0.4) is 0 Å². The molecule has 1 atom stereocenters. The minimum absolute atomic E-state index is 0.0331. The van der Waals surface area contributed by atoms with Gasteiger partial charge in [0, 0.05) is 30.9 Å². The van der Waals surface area contributed by atoms with E-state index in [4.69, 9.17) is 9.47 Å². The number of halogens is 1. The molecule has 190 valence electrons. The fraction of sp³-hybridized carbons (Fsp3) is 0.269. The monoisotopic (exact) mass is 513 g/mol. The number of carbonyl (C=O) groups is 1. The molecule has 1 heterocycles. The van der Waals surface area contributed by atoms with E-state index in [0.717, 1.165) is 5.56 Å². The van der Waals surface area contributed by atoms with Crippen LogP contribution >= 0.6 is 0 Å². The van der Waals surface area contributed by atoms with Gasteiger partial charge in [0.25, 0.3) is 15.9 Å². The lowest BCUT2D eigenvalue weighted by molar-refractivity contribution is 0.0162. The molecular weight excluding hydrogens is 485 g/mol. The Bertz CT molecular complexity index is 1280. The van der Waals surface area contributed by atoms with E-state index < -0.39 is 15.9 Å². The third-order valence-corrected chi connectivity index (χ3v) is 7.32. The number of benzene rings is 3. The first kappa shape index (κ1) is 25.6. The average molecular weight is 514 g/mol. The van der Waals surface area contributed by atoms with Crippen LogP contribution in [0.1, 0.15) is 22.0 Å². The number of nitrogens with zero attached hydrogens (tertiary/aromatic N) is 1. The molecule has 0 spiro atoms. The molecule has 1 amide bonds. The summed E-state index contributed by atoms with van der Waals surface area (Å²) < 4.78 is 52.3. The van der Waals surface area contributed by atoms with Crippen molar-refractivity contribution in [3.05, 3.63) is 89.7 Å². The van der Waals surface area contributed by atoms with Crippen LogP contribution in [0.4, 0.5) is 10.1 Å². The van der Waals surface area contributed by atoms with Crippen molar-refractivity contribution in [1.82, 2.24) is 10.2 Å². The number of methoxy groups -OCH3 is 1. The number of ether oxygens (including phenoxy) is 2. The van der Waals surface area contributed by atoms with Crippen molar-refractivity contribution < 1.29 is 27.1 Å². The Balaban J connectivity index is 1.47. The molecule has 2 N–H and O–H groups in total. The first-order valence-corrected chi connectivity index (χ1v) is 13.0. The summed E-state index contributed by atoms with van der Waals surface area (Å²) >= 11 is 0. The highest BCUT2D eigenvalue weighted by Gasteiger charge is 2.24. The van der Waals surface area contributed by atoms with Crippen molar-refractivity contribution >= 4 is 21.6 Å². The van der Waals surface area contributed by atoms with Gasteiger partial charge in [0.15, 0.2) is 0 Å². The molecule has 0 radical (unpaired) electrons. The Kier molecular flexibility index (Phi) is 8.19. The lowest BCUT2D eigenvalue weighted by Gasteiger charge is -2.35. The Morgan fingerprint density at radius 3 is 2.42 bits per heavy atom. The van der Waals surface area contributed by atoms with E-state index in [1.54, 1.807) is 42.5 Å². The van der Waals surface area contributed by atoms with Gasteiger partial charge in [-0.3, -0.25) is 14.4 Å². The van der Waals surface area contributed by atoms with Gasteiger partial charge in [0.2, 0.25) is 0 Å². The summed E-state index contributed by atoms with van der Waals surface area (Å²) in [6, 6.07) is 18.4. The van der Waals surface area contributed by atoms with Crippen LogP contribution in [-0.2, 0) is 14.8 Å². The largest absolute Gasteiger partial charge is 0.497 e. The highest BCUT2D eigenvalue weighted by atomic mass is 32.2. The molecule has 4 rings (SSSR count). The summed E-state index contributed by atoms with van der Waals surface area (Å²) in [4.78, 5) is 15.1. The summed E-state index contributed by atoms with van der Waals surface area (Å²) in [7, 11) is -2.39. The van der Waals surface area contributed by atoms with Crippen LogP contribution in [0, 0.1) is 5.82 Å². The summed E-state index contributed by atoms with van der Waals surface area (Å²) in [6.45, 7) is 2.79. The number of hydrogen-bond acceptors (Lipinski definition) is 6. The molecule has 0 aromatic heterocycles. The van der Waals surface area contributed by atoms with Gasteiger partial charge >= 0.3 is 0 Å². The first-order chi connectivity index (χ1) is 17.4. The first-order valence-electron chi connectivity index (χ1n) is 11.5. The van der Waals surface area contributed by atoms with Gasteiger partial charge in [-0.1, -0.05) is 18.2 Å². The topological polar surface area (TPSA) is 97.0 Å². The Morgan fingerprint density at radius 2 is 1.75 bits per heavy atom. The summed E-state index contributed by atoms with van der Waals surface area (Å²) in [5.41, 5.74) is 1.46. The molecule has 0 unspecified atom stereocenters. The van der Waals surface area contributed by atoms with Crippen LogP contribution in [0.5, 0.6) is 5.75 Å². The van der Waals surface area contributed by atoms with Crippen molar-refractivity contribution in [3.63, 3.8) is 0 Å². The molecule has 0 aliphatic carbocycles. The average Bonchev–Trinajstić information content (AvgIpc) is 2.90. The number of hydrogen-bond donors (Lipinski definition) is 2. The van der Waals surface area contributed by atoms with E-state index in [1.165, 1.54) is 37.4 Å². The van der Waals surface area contributed by atoms with Gasteiger partial charge < -0.3 is 14.8 Å². The van der Waals surface area contributed by atoms with Gasteiger partial charge in [0.05, 0.1) is 31.3 Å². The third-order valence-electron chi connectivity index (χ3n) is 5.95. The van der Waals surface area contributed by atoms with Crippen molar-refractivity contribution in [2.45, 2.75) is 10.9 Å². The normalized spacial score (nSPS) is 15.2. The molecular formula is C26H28FN3O5S. The van der Waals surface area contributed by atoms with Crippen molar-refractivity contribution in [1.29, 1.82) is 0 Å². The molecule has 1 aliphatic rings. The Labute approximate surface area is 210 Å². The molecule has 0 bridgehead atoms. The number of rotatable bonds is 9. The van der Waals surface area contributed by atoms with Gasteiger partial charge in [-0.05, 0) is 60.2 Å². The number of sulfonamides is 1. The number of amides is 1. The SMILES string of the molecule is COc1ccc(NS(=O)(=O)c2cccc(C(=O)NC[C@@H](c3ccc(F)cc3)N3CCOCC3)c2)cc1. The van der Waals surface area contributed by atoms with Gasteiger partial charge in [-0.2, -0.15) is 0 Å². The number of carbonyl (C=O) groups excluding carboxylic acids is 1. The van der Waals surface area contributed by atoms with E-state index in [-0.39, 0.29) is 28.9 Å². The second kappa shape index (κ2) is 11.5. The zero-order valence-corrected chi connectivity index (χ0v) is 20.6. The minimum atomic E-state index is -3.91. The maximum atomic E-state index is 13.5. The fourth-order valence-electron chi connectivity index (χ4n) is 4.00. The zero-order chi connectivity index (χ0) is 25.5. The standard InChI is InChI=1S/C26H28FN3O5S/c1-34-23-11-9-22(10-12-23)29-36(32,33)24-4-2-3-20(17-24)26(31)28-18-25(30-13-15-35-16-14-30)19-5-7-21(27)8-6-19/h2-12,17,25,29H,13-16,18H2,1H3,(H,28,31)/t25-/m0/s1. The highest BCUT2D eigenvalue weighted by molar-refractivity contribution is 7.92. The third kappa shape index (κ3) is 6.39. The molecule has 8 nitrogen and oxygen atoms in total. The van der Waals surface area contributed by atoms with Crippen LogP contribution in [0.15, 0.2) is 77.7 Å². The van der Waals surface area contributed by atoms with Crippen LogP contribution < -0.4 is 14.8 Å². The van der Waals surface area contributed by atoms with E-state index in [1.807, 2.05) is 0 Å². The molecule has 1 saturated heterocycles. The molecule has 1 aliphatic heterocycles. The number of morpholine rings is 1. The fourth-order valence-corrected chi connectivity index (χ4v) is 5.10. The van der Waals surface area contributed by atoms with Crippen molar-refractivity contribution in [3.8, 4) is 5.75 Å². The Hall–Kier alpha value is -3.47. The lowest BCUT2D eigenvalue weighted by Crippen LogP contribution is -2.43. The zero-order valence-electron chi connectivity index (χ0n) is 19.8. The van der Waals surface area contributed by atoms with Gasteiger partial charge in [0.1, 0.15) is 11.6 Å². The molecule has 3 aromatic rings. The summed E-state index contributed by atoms with van der Waals surface area (Å²) in [5, 5.41) is 2.91. The maximum Gasteiger partial charge on any atom is 0.261 e. The number of nitrogens with one attached hydrogen (secondary N) is 2. The molecule has 10 heteroatoms. The van der Waals surface area contributed by atoms with Gasteiger partial charge in [-0.15, -0.1) is 0 Å².